The fourth-order valence-corrected chi connectivity index (χ4v) is 5.77. The normalized spacial score (nSPS) is 25.6. The zero-order valence-electron chi connectivity index (χ0n) is 19.8. The average molecular weight is 519 g/mol. The molecule has 1 spiro atoms. The summed E-state index contributed by atoms with van der Waals surface area (Å²) in [6, 6.07) is 10.1. The smallest absolute Gasteiger partial charge is 0.419 e. The molecule has 3 aliphatic rings. The van der Waals surface area contributed by atoms with Crippen molar-refractivity contribution in [2.75, 3.05) is 36.5 Å². The van der Waals surface area contributed by atoms with Crippen molar-refractivity contribution >= 4 is 28.7 Å². The van der Waals surface area contributed by atoms with E-state index in [2.05, 4.69) is 4.98 Å². The van der Waals surface area contributed by atoms with Crippen LogP contribution in [0.1, 0.15) is 43.4 Å². The number of thiocarbonyl (C=S) groups is 1. The number of hydrogen-bond donors (Lipinski definition) is 1. The van der Waals surface area contributed by atoms with Crippen molar-refractivity contribution in [2.24, 2.45) is 0 Å². The van der Waals surface area contributed by atoms with Gasteiger partial charge in [0.2, 0.25) is 0 Å². The second-order valence-corrected chi connectivity index (χ2v) is 10.4. The molecule has 5 rings (SSSR count). The maximum Gasteiger partial charge on any atom is 0.419 e. The van der Waals surface area contributed by atoms with E-state index in [4.69, 9.17) is 22.2 Å². The van der Waals surface area contributed by atoms with Crippen molar-refractivity contribution in [2.45, 2.75) is 49.9 Å². The van der Waals surface area contributed by atoms with Crippen LogP contribution < -0.4 is 14.5 Å². The molecule has 0 unspecified atom stereocenters. The van der Waals surface area contributed by atoms with Crippen LogP contribution in [-0.2, 0) is 6.18 Å². The first-order chi connectivity index (χ1) is 17.0. The molecule has 2 aromatic rings. The number of nitrogens with zero attached hydrogens (tertiary/aromatic N) is 5. The number of hydroxylamine groups is 3. The third-order valence-corrected chi connectivity index (χ3v) is 7.90. The van der Waals surface area contributed by atoms with Crippen molar-refractivity contribution in [3.8, 4) is 11.8 Å². The Morgan fingerprint density at radius 3 is 2.42 bits per heavy atom. The molecule has 2 saturated heterocycles. The van der Waals surface area contributed by atoms with Crippen molar-refractivity contribution < 1.29 is 27.8 Å². The van der Waals surface area contributed by atoms with Gasteiger partial charge in [0, 0.05) is 25.1 Å². The summed E-state index contributed by atoms with van der Waals surface area (Å²) in [7, 11) is 1.79. The predicted molar refractivity (Wildman–Crippen MR) is 131 cm³/mol. The number of pyridine rings is 1. The number of benzene rings is 1. The molecule has 36 heavy (non-hydrogen) atoms. The van der Waals surface area contributed by atoms with Gasteiger partial charge in [-0.3, -0.25) is 0 Å². The topological polar surface area (TPSA) is 72.6 Å². The number of halogens is 3. The first-order valence-electron chi connectivity index (χ1n) is 11.9. The molecule has 2 aliphatic heterocycles. The largest absolute Gasteiger partial charge is 0.490 e. The van der Waals surface area contributed by atoms with Gasteiger partial charge < -0.3 is 14.5 Å². The van der Waals surface area contributed by atoms with E-state index >= 15 is 0 Å². The summed E-state index contributed by atoms with van der Waals surface area (Å²) in [4.78, 5) is 7.50. The molecular formula is C25H27F3N5O2S+. The lowest BCUT2D eigenvalue weighted by Gasteiger charge is -2.45. The van der Waals surface area contributed by atoms with Crippen LogP contribution >= 0.6 is 12.2 Å². The van der Waals surface area contributed by atoms with Crippen molar-refractivity contribution in [1.82, 2.24) is 4.98 Å². The minimum atomic E-state index is -4.69. The number of hydrogen-bond acceptors (Lipinski definition) is 5. The predicted octanol–water partition coefficient (Wildman–Crippen LogP) is 4.88. The van der Waals surface area contributed by atoms with E-state index in [0.29, 0.717) is 24.7 Å². The molecule has 1 aromatic carbocycles. The van der Waals surface area contributed by atoms with Crippen LogP contribution in [0, 0.1) is 11.3 Å². The highest BCUT2D eigenvalue weighted by molar-refractivity contribution is 7.80. The summed E-state index contributed by atoms with van der Waals surface area (Å²) in [5.74, 6) is 0.730. The maximum atomic E-state index is 13.5. The lowest BCUT2D eigenvalue weighted by Crippen LogP contribution is -2.52. The molecule has 3 heterocycles. The number of anilines is 2. The summed E-state index contributed by atoms with van der Waals surface area (Å²) >= 11 is 5.78. The van der Waals surface area contributed by atoms with Gasteiger partial charge >= 0.3 is 6.18 Å². The van der Waals surface area contributed by atoms with Gasteiger partial charge in [-0.15, -0.1) is 0 Å². The Morgan fingerprint density at radius 2 is 1.86 bits per heavy atom. The van der Waals surface area contributed by atoms with Gasteiger partial charge in [0.15, 0.2) is 10.8 Å². The Hall–Kier alpha value is -2.94. The summed E-state index contributed by atoms with van der Waals surface area (Å²) in [5.41, 5.74) is -0.917. The minimum Gasteiger partial charge on any atom is -0.490 e. The van der Waals surface area contributed by atoms with E-state index in [9.17, 15) is 18.4 Å². The number of piperidine rings is 1. The van der Waals surface area contributed by atoms with Gasteiger partial charge in [-0.2, -0.15) is 23.1 Å². The molecule has 0 amide bonds. The van der Waals surface area contributed by atoms with E-state index in [1.54, 1.807) is 11.9 Å². The third-order valence-electron chi connectivity index (χ3n) is 7.49. The lowest BCUT2D eigenvalue weighted by molar-refractivity contribution is -1.09. The second-order valence-electron chi connectivity index (χ2n) is 10.1. The Morgan fingerprint density at radius 1 is 1.19 bits per heavy atom. The first kappa shape index (κ1) is 24.7. The first-order valence-corrected chi connectivity index (χ1v) is 12.4. The molecular weight excluding hydrogens is 491 g/mol. The Balaban J connectivity index is 1.37. The second kappa shape index (κ2) is 8.87. The van der Waals surface area contributed by atoms with Crippen LogP contribution in [0.2, 0.25) is 0 Å². The number of quaternary nitrogens is 1. The molecule has 1 aliphatic carbocycles. The van der Waals surface area contributed by atoms with E-state index < -0.39 is 17.4 Å². The molecule has 190 valence electrons. The zero-order chi connectivity index (χ0) is 25.7. The molecule has 0 atom stereocenters. The minimum absolute atomic E-state index is 0.0169. The van der Waals surface area contributed by atoms with Crippen LogP contribution in [0.25, 0.3) is 0 Å². The highest BCUT2D eigenvalue weighted by Crippen LogP contribution is 2.47. The van der Waals surface area contributed by atoms with Crippen LogP contribution in [0.15, 0.2) is 36.5 Å². The monoisotopic (exact) mass is 518 g/mol. The Labute approximate surface area is 212 Å². The zero-order valence-corrected chi connectivity index (χ0v) is 20.6. The molecule has 3 fully saturated rings. The SMILES string of the molecule is C[N+]1(O)CCC(Oc2ccc(N3C(=S)N(c4cnc(C#N)c(C(F)(F)F)c4)CC34CCC4)cc2)CC1. The number of likely N-dealkylation sites (tertiary alicyclic amines) is 1. The number of nitriles is 1. The average Bonchev–Trinajstić information content (AvgIpc) is 3.14. The summed E-state index contributed by atoms with van der Waals surface area (Å²) < 4.78 is 46.7. The van der Waals surface area contributed by atoms with Gasteiger partial charge in [0.1, 0.15) is 31.0 Å². The Kier molecular flexibility index (Phi) is 6.09. The lowest BCUT2D eigenvalue weighted by atomic mass is 9.76. The van der Waals surface area contributed by atoms with E-state index in [0.717, 1.165) is 49.6 Å². The highest BCUT2D eigenvalue weighted by atomic mass is 32.1. The number of ether oxygens (including phenoxy) is 1. The molecule has 11 heteroatoms. The molecule has 7 nitrogen and oxygen atoms in total. The van der Waals surface area contributed by atoms with E-state index in [-0.39, 0.29) is 22.0 Å². The van der Waals surface area contributed by atoms with E-state index in [1.807, 2.05) is 29.2 Å². The molecule has 1 aromatic heterocycles. The summed E-state index contributed by atoms with van der Waals surface area (Å²) in [6.45, 7) is 1.74. The fourth-order valence-electron chi connectivity index (χ4n) is 5.30. The Bertz CT molecular complexity index is 1200. The number of alkyl halides is 3. The molecule has 0 bridgehead atoms. The van der Waals surface area contributed by atoms with Crippen molar-refractivity contribution in [3.63, 3.8) is 0 Å². The van der Waals surface area contributed by atoms with Crippen molar-refractivity contribution in [3.05, 3.63) is 47.8 Å². The quantitative estimate of drug-likeness (QED) is 0.457. The summed E-state index contributed by atoms with van der Waals surface area (Å²) in [5, 5.41) is 19.6. The molecule has 1 saturated carbocycles. The molecule has 0 radical (unpaired) electrons. The summed E-state index contributed by atoms with van der Waals surface area (Å²) in [6.07, 6.45) is 0.929. The van der Waals surface area contributed by atoms with Gasteiger partial charge in [-0.05, 0) is 61.8 Å². The van der Waals surface area contributed by atoms with Crippen molar-refractivity contribution in [1.29, 1.82) is 5.26 Å². The van der Waals surface area contributed by atoms with E-state index in [1.165, 1.54) is 12.3 Å². The number of aromatic nitrogens is 1. The number of rotatable bonds is 4. The van der Waals surface area contributed by atoms with Gasteiger partial charge in [-0.1, -0.05) is 0 Å². The standard InChI is InChI=1S/C25H27F3N5O2S/c1-33(34)11-7-20(8-12-33)35-19-5-3-17(4-6-19)32-23(36)31(16-24(32)9-2-10-24)18-13-21(25(26,27)28)22(14-29)30-15-18/h3-6,13,15,20,34H,2,7-12,16H2,1H3/q+1. The van der Waals surface area contributed by atoms with Gasteiger partial charge in [0.25, 0.3) is 0 Å². The third kappa shape index (κ3) is 4.49. The van der Waals surface area contributed by atoms with Crippen LogP contribution in [-0.4, -0.2) is 58.3 Å². The van der Waals surface area contributed by atoms with Crippen LogP contribution in [0.4, 0.5) is 24.5 Å². The van der Waals surface area contributed by atoms with Crippen LogP contribution in [0.3, 0.4) is 0 Å². The van der Waals surface area contributed by atoms with Gasteiger partial charge in [0.05, 0.1) is 30.0 Å². The highest BCUT2D eigenvalue weighted by Gasteiger charge is 2.52. The molecule has 1 N–H and O–H groups in total. The van der Waals surface area contributed by atoms with Gasteiger partial charge in [-0.25, -0.2) is 10.2 Å². The fraction of sp³-hybridized carbons (Fsp3) is 0.480. The maximum absolute atomic E-state index is 13.5. The van der Waals surface area contributed by atoms with Crippen LogP contribution in [0.5, 0.6) is 5.75 Å².